The van der Waals surface area contributed by atoms with E-state index in [1.165, 1.54) is 12.8 Å². The highest BCUT2D eigenvalue weighted by atomic mass is 79.9. The van der Waals surface area contributed by atoms with Crippen LogP contribution in [-0.4, -0.2) is 82.5 Å². The zero-order chi connectivity index (χ0) is 17.8. The summed E-state index contributed by atoms with van der Waals surface area (Å²) in [6.07, 6.45) is 4.69. The van der Waals surface area contributed by atoms with E-state index in [1.54, 1.807) is 0 Å². The maximum atomic E-state index is 12.6. The second kappa shape index (κ2) is 8.31. The first kappa shape index (κ1) is 18.4. The van der Waals surface area contributed by atoms with E-state index in [0.29, 0.717) is 25.3 Å². The lowest BCUT2D eigenvalue weighted by atomic mass is 10.2. The summed E-state index contributed by atoms with van der Waals surface area (Å²) in [4.78, 5) is 31.0. The Morgan fingerprint density at radius 2 is 1.64 bits per heavy atom. The van der Waals surface area contributed by atoms with Gasteiger partial charge in [0.1, 0.15) is 0 Å². The molecule has 138 valence electrons. The van der Waals surface area contributed by atoms with Gasteiger partial charge in [-0.1, -0.05) is 12.8 Å². The highest BCUT2D eigenvalue weighted by molar-refractivity contribution is 9.10. The number of rotatable bonds is 3. The lowest BCUT2D eigenvalue weighted by molar-refractivity contribution is -0.132. The molecular formula is C17H26BrN5O2. The third-order valence-electron chi connectivity index (χ3n) is 5.05. The summed E-state index contributed by atoms with van der Waals surface area (Å²) < 4.78 is 0.733. The molecule has 1 aromatic heterocycles. The Morgan fingerprint density at radius 3 is 2.20 bits per heavy atom. The van der Waals surface area contributed by atoms with Crippen molar-refractivity contribution in [2.75, 3.05) is 45.8 Å². The molecule has 3 heterocycles. The molecule has 0 saturated carbocycles. The summed E-state index contributed by atoms with van der Waals surface area (Å²) in [6, 6.07) is 0. The van der Waals surface area contributed by atoms with E-state index < -0.39 is 0 Å². The fourth-order valence-corrected chi connectivity index (χ4v) is 3.77. The predicted molar refractivity (Wildman–Crippen MR) is 98.4 cm³/mol. The molecule has 0 radical (unpaired) electrons. The second-order valence-corrected chi connectivity index (χ2v) is 7.67. The molecule has 2 fully saturated rings. The first-order valence-electron chi connectivity index (χ1n) is 9.06. The molecule has 2 amide bonds. The maximum absolute atomic E-state index is 12.6. The van der Waals surface area contributed by atoms with Crippen LogP contribution in [0.2, 0.25) is 0 Å². The first-order valence-corrected chi connectivity index (χ1v) is 9.85. The number of aryl methyl sites for hydroxylation is 1. The number of halogens is 1. The van der Waals surface area contributed by atoms with E-state index >= 15 is 0 Å². The molecule has 0 unspecified atom stereocenters. The van der Waals surface area contributed by atoms with E-state index in [0.717, 1.165) is 49.2 Å². The number of aromatic nitrogens is 2. The number of H-pyrrole nitrogens is 1. The van der Waals surface area contributed by atoms with Gasteiger partial charge < -0.3 is 9.80 Å². The maximum Gasteiger partial charge on any atom is 0.275 e. The molecule has 0 atom stereocenters. The third kappa shape index (κ3) is 4.41. The Hall–Kier alpha value is -1.41. The van der Waals surface area contributed by atoms with Gasteiger partial charge in [0.2, 0.25) is 5.91 Å². The number of carbonyl (C=O) groups excluding carboxylic acids is 2. The summed E-state index contributed by atoms with van der Waals surface area (Å²) in [5.41, 5.74) is 1.29. The van der Waals surface area contributed by atoms with Gasteiger partial charge in [-0.25, -0.2) is 0 Å². The molecular weight excluding hydrogens is 386 g/mol. The monoisotopic (exact) mass is 411 g/mol. The number of nitrogens with one attached hydrogen (secondary N) is 1. The molecule has 0 spiro atoms. The zero-order valence-corrected chi connectivity index (χ0v) is 16.3. The Labute approximate surface area is 156 Å². The van der Waals surface area contributed by atoms with Crippen molar-refractivity contribution in [3.05, 3.63) is 15.9 Å². The molecule has 8 heteroatoms. The molecule has 0 aliphatic carbocycles. The van der Waals surface area contributed by atoms with Crippen LogP contribution in [0.25, 0.3) is 0 Å². The minimum atomic E-state index is -0.0604. The fourth-order valence-electron chi connectivity index (χ4n) is 3.43. The van der Waals surface area contributed by atoms with Crippen molar-refractivity contribution in [3.8, 4) is 0 Å². The van der Waals surface area contributed by atoms with Crippen LogP contribution in [0.15, 0.2) is 4.47 Å². The van der Waals surface area contributed by atoms with Crippen LogP contribution in [0.5, 0.6) is 0 Å². The molecule has 25 heavy (non-hydrogen) atoms. The van der Waals surface area contributed by atoms with Crippen molar-refractivity contribution in [1.82, 2.24) is 24.9 Å². The Balaban J connectivity index is 1.49. The second-order valence-electron chi connectivity index (χ2n) is 6.87. The van der Waals surface area contributed by atoms with Crippen molar-refractivity contribution in [3.63, 3.8) is 0 Å². The average molecular weight is 412 g/mol. The molecule has 3 rings (SSSR count). The van der Waals surface area contributed by atoms with Crippen LogP contribution in [0.1, 0.15) is 41.9 Å². The lowest BCUT2D eigenvalue weighted by Gasteiger charge is -2.35. The molecule has 0 aromatic carbocycles. The summed E-state index contributed by atoms with van der Waals surface area (Å²) >= 11 is 3.41. The average Bonchev–Trinajstić information content (AvgIpc) is 2.83. The Kier molecular flexibility index (Phi) is 6.11. The smallest absolute Gasteiger partial charge is 0.275 e. The SMILES string of the molecule is Cc1[nH]nc(C(=O)N2CCN(CC(=O)N3CCCCCC3)CC2)c1Br. The van der Waals surface area contributed by atoms with Gasteiger partial charge in [0.05, 0.1) is 11.0 Å². The van der Waals surface area contributed by atoms with E-state index in [4.69, 9.17) is 0 Å². The van der Waals surface area contributed by atoms with Gasteiger partial charge in [0.15, 0.2) is 5.69 Å². The number of likely N-dealkylation sites (tertiary alicyclic amines) is 1. The highest BCUT2D eigenvalue weighted by Gasteiger charge is 2.27. The molecule has 1 aromatic rings. The quantitative estimate of drug-likeness (QED) is 0.820. The predicted octanol–water partition coefficient (Wildman–Crippen LogP) is 1.64. The summed E-state index contributed by atoms with van der Waals surface area (Å²) in [5.74, 6) is 0.169. The number of hydrogen-bond acceptors (Lipinski definition) is 4. The minimum Gasteiger partial charge on any atom is -0.342 e. The van der Waals surface area contributed by atoms with Crippen molar-refractivity contribution in [2.45, 2.75) is 32.6 Å². The number of hydrogen-bond donors (Lipinski definition) is 1. The molecule has 7 nitrogen and oxygen atoms in total. The highest BCUT2D eigenvalue weighted by Crippen LogP contribution is 2.20. The van der Waals surface area contributed by atoms with E-state index in [-0.39, 0.29) is 11.8 Å². The zero-order valence-electron chi connectivity index (χ0n) is 14.8. The van der Waals surface area contributed by atoms with Crippen LogP contribution < -0.4 is 0 Å². The van der Waals surface area contributed by atoms with Crippen LogP contribution in [0.3, 0.4) is 0 Å². The van der Waals surface area contributed by atoms with Gasteiger partial charge >= 0.3 is 0 Å². The fraction of sp³-hybridized carbons (Fsp3) is 0.706. The van der Waals surface area contributed by atoms with E-state index in [1.807, 2.05) is 16.7 Å². The van der Waals surface area contributed by atoms with E-state index in [9.17, 15) is 9.59 Å². The van der Waals surface area contributed by atoms with Crippen molar-refractivity contribution < 1.29 is 9.59 Å². The van der Waals surface area contributed by atoms with Crippen LogP contribution in [0, 0.1) is 6.92 Å². The van der Waals surface area contributed by atoms with Gasteiger partial charge in [0.25, 0.3) is 5.91 Å². The summed E-state index contributed by atoms with van der Waals surface area (Å²) in [7, 11) is 0. The largest absolute Gasteiger partial charge is 0.342 e. The lowest BCUT2D eigenvalue weighted by Crippen LogP contribution is -2.51. The van der Waals surface area contributed by atoms with Crippen LogP contribution >= 0.6 is 15.9 Å². The number of piperazine rings is 1. The molecule has 2 saturated heterocycles. The van der Waals surface area contributed by atoms with Crippen molar-refractivity contribution in [1.29, 1.82) is 0 Å². The number of nitrogens with zero attached hydrogens (tertiary/aromatic N) is 4. The summed E-state index contributed by atoms with van der Waals surface area (Å²) in [5, 5.41) is 6.92. The van der Waals surface area contributed by atoms with Gasteiger partial charge in [0, 0.05) is 45.0 Å². The molecule has 0 bridgehead atoms. The van der Waals surface area contributed by atoms with E-state index in [2.05, 4.69) is 31.0 Å². The number of carbonyl (C=O) groups is 2. The minimum absolute atomic E-state index is 0.0604. The standard InChI is InChI=1S/C17H26BrN5O2/c1-13-15(18)16(20-19-13)17(25)23-10-8-21(9-11-23)12-14(24)22-6-4-2-3-5-7-22/h2-12H2,1H3,(H,19,20). The van der Waals surface area contributed by atoms with Crippen molar-refractivity contribution in [2.24, 2.45) is 0 Å². The van der Waals surface area contributed by atoms with Crippen LogP contribution in [0.4, 0.5) is 0 Å². The summed E-state index contributed by atoms with van der Waals surface area (Å²) in [6.45, 7) is 6.84. The Bertz CT molecular complexity index is 617. The van der Waals surface area contributed by atoms with Gasteiger partial charge in [-0.15, -0.1) is 0 Å². The first-order chi connectivity index (χ1) is 12.1. The third-order valence-corrected chi connectivity index (χ3v) is 6.02. The molecule has 1 N–H and O–H groups in total. The molecule has 2 aliphatic heterocycles. The normalized spacial score (nSPS) is 19.8. The van der Waals surface area contributed by atoms with Crippen molar-refractivity contribution >= 4 is 27.7 Å². The number of amides is 2. The van der Waals surface area contributed by atoms with Gasteiger partial charge in [-0.2, -0.15) is 5.10 Å². The Morgan fingerprint density at radius 1 is 1.00 bits per heavy atom. The molecule has 2 aliphatic rings. The topological polar surface area (TPSA) is 72.5 Å². The number of aromatic amines is 1. The van der Waals surface area contributed by atoms with Gasteiger partial charge in [-0.3, -0.25) is 19.6 Å². The van der Waals surface area contributed by atoms with Gasteiger partial charge in [-0.05, 0) is 35.7 Å². The van der Waals surface area contributed by atoms with Crippen LogP contribution in [-0.2, 0) is 4.79 Å².